The molecule has 1 fully saturated rings. The van der Waals surface area contributed by atoms with Crippen molar-refractivity contribution in [3.05, 3.63) is 29.8 Å². The Morgan fingerprint density at radius 3 is 2.33 bits per heavy atom. The summed E-state index contributed by atoms with van der Waals surface area (Å²) in [5, 5.41) is 2.69. The number of nitrogens with one attached hydrogen (secondary N) is 1. The second-order valence-electron chi connectivity index (χ2n) is 6.46. The third kappa shape index (κ3) is 5.48. The lowest BCUT2D eigenvalue weighted by Gasteiger charge is -2.21. The summed E-state index contributed by atoms with van der Waals surface area (Å²) in [5.74, 6) is -0.322. The molecule has 1 aromatic carbocycles. The van der Waals surface area contributed by atoms with Crippen LogP contribution in [0.5, 0.6) is 0 Å². The van der Waals surface area contributed by atoms with Crippen LogP contribution in [0.3, 0.4) is 0 Å². The van der Waals surface area contributed by atoms with Gasteiger partial charge >= 0.3 is 5.97 Å². The molecule has 0 radical (unpaired) electrons. The van der Waals surface area contributed by atoms with Crippen molar-refractivity contribution in [3.63, 3.8) is 0 Å². The minimum Gasteiger partial charge on any atom is -0.453 e. The Bertz CT molecular complexity index is 588. The molecule has 1 aliphatic carbocycles. The minimum atomic E-state index is -0.839. The molecule has 1 aromatic rings. The van der Waals surface area contributed by atoms with Crippen LogP contribution in [0.15, 0.2) is 24.3 Å². The normalized spacial score (nSPS) is 16.2. The number of benzene rings is 1. The summed E-state index contributed by atoms with van der Waals surface area (Å²) in [5.41, 5.74) is 1.15. The lowest BCUT2D eigenvalue weighted by molar-refractivity contribution is -0.154. The maximum absolute atomic E-state index is 12.1. The van der Waals surface area contributed by atoms with Gasteiger partial charge in [0, 0.05) is 17.7 Å². The molecule has 1 aliphatic rings. The number of hydrogen-bond acceptors (Lipinski definition) is 4. The molecule has 1 saturated carbocycles. The Morgan fingerprint density at radius 2 is 1.75 bits per heavy atom. The third-order valence-electron chi connectivity index (χ3n) is 4.42. The van der Waals surface area contributed by atoms with Gasteiger partial charge in [0.15, 0.2) is 11.9 Å². The summed E-state index contributed by atoms with van der Waals surface area (Å²) >= 11 is 0. The zero-order chi connectivity index (χ0) is 17.5. The maximum Gasteiger partial charge on any atom is 0.306 e. The van der Waals surface area contributed by atoms with E-state index >= 15 is 0 Å². The van der Waals surface area contributed by atoms with Gasteiger partial charge < -0.3 is 10.1 Å². The highest BCUT2D eigenvalue weighted by atomic mass is 16.5. The van der Waals surface area contributed by atoms with E-state index in [1.807, 2.05) is 0 Å². The average Bonchev–Trinajstić information content (AvgIpc) is 2.56. The summed E-state index contributed by atoms with van der Waals surface area (Å²) in [6, 6.07) is 6.62. The molecule has 1 unspecified atom stereocenters. The van der Waals surface area contributed by atoms with Gasteiger partial charge in [-0.3, -0.25) is 14.4 Å². The van der Waals surface area contributed by atoms with Crippen LogP contribution in [0.4, 0.5) is 5.69 Å². The highest BCUT2D eigenvalue weighted by molar-refractivity contribution is 5.97. The Morgan fingerprint density at radius 1 is 1.12 bits per heavy atom. The van der Waals surface area contributed by atoms with Gasteiger partial charge in [0.05, 0.1) is 0 Å². The molecule has 130 valence electrons. The highest BCUT2D eigenvalue weighted by Gasteiger charge is 2.22. The van der Waals surface area contributed by atoms with E-state index in [1.165, 1.54) is 26.2 Å². The van der Waals surface area contributed by atoms with Gasteiger partial charge in [-0.05, 0) is 56.9 Å². The summed E-state index contributed by atoms with van der Waals surface area (Å²) in [6.45, 7) is 3.06. The highest BCUT2D eigenvalue weighted by Crippen LogP contribution is 2.26. The third-order valence-corrected chi connectivity index (χ3v) is 4.42. The molecule has 5 heteroatoms. The molecule has 0 aromatic heterocycles. The van der Waals surface area contributed by atoms with Gasteiger partial charge in [0.2, 0.25) is 0 Å². The van der Waals surface area contributed by atoms with Gasteiger partial charge in [0.1, 0.15) is 0 Å². The van der Waals surface area contributed by atoms with Crippen LogP contribution in [0.2, 0.25) is 0 Å². The van der Waals surface area contributed by atoms with E-state index in [1.54, 1.807) is 31.2 Å². The lowest BCUT2D eigenvalue weighted by atomic mass is 9.87. The molecule has 0 saturated heterocycles. The first-order valence-electron chi connectivity index (χ1n) is 8.57. The van der Waals surface area contributed by atoms with E-state index in [0.29, 0.717) is 23.6 Å². The molecule has 1 atom stereocenters. The SMILES string of the molecule is CC(=O)c1ccc(NC(=O)C(C)OC(=O)CC2CCCCC2)cc1. The summed E-state index contributed by atoms with van der Waals surface area (Å²) in [7, 11) is 0. The maximum atomic E-state index is 12.1. The van der Waals surface area contributed by atoms with Crippen LogP contribution in [-0.4, -0.2) is 23.8 Å². The smallest absolute Gasteiger partial charge is 0.306 e. The number of hydrogen-bond donors (Lipinski definition) is 1. The number of ketones is 1. The zero-order valence-electron chi connectivity index (χ0n) is 14.3. The standard InChI is InChI=1S/C19H25NO4/c1-13(21)16-8-10-17(11-9-16)20-19(23)14(2)24-18(22)12-15-6-4-3-5-7-15/h8-11,14-15H,3-7,12H2,1-2H3,(H,20,23). The molecule has 1 N–H and O–H groups in total. The molecule has 0 bridgehead atoms. The first kappa shape index (κ1) is 18.2. The minimum absolute atomic E-state index is 0.0297. The van der Waals surface area contributed by atoms with Gasteiger partial charge in [-0.25, -0.2) is 0 Å². The monoisotopic (exact) mass is 331 g/mol. The van der Waals surface area contributed by atoms with E-state index in [-0.39, 0.29) is 17.7 Å². The Kier molecular flexibility index (Phi) is 6.53. The van der Waals surface area contributed by atoms with Crippen LogP contribution in [-0.2, 0) is 14.3 Å². The lowest BCUT2D eigenvalue weighted by Crippen LogP contribution is -2.30. The zero-order valence-corrected chi connectivity index (χ0v) is 14.3. The number of rotatable bonds is 6. The Hall–Kier alpha value is -2.17. The van der Waals surface area contributed by atoms with Crippen molar-refractivity contribution in [2.45, 2.75) is 58.5 Å². The van der Waals surface area contributed by atoms with Crippen molar-refractivity contribution in [1.29, 1.82) is 0 Å². The van der Waals surface area contributed by atoms with Gasteiger partial charge in [0.25, 0.3) is 5.91 Å². The van der Waals surface area contributed by atoms with Gasteiger partial charge in [-0.2, -0.15) is 0 Å². The van der Waals surface area contributed by atoms with Crippen LogP contribution in [0.1, 0.15) is 62.7 Å². The van der Waals surface area contributed by atoms with E-state index in [4.69, 9.17) is 4.74 Å². The number of ether oxygens (including phenoxy) is 1. The van der Waals surface area contributed by atoms with Gasteiger partial charge in [-0.1, -0.05) is 19.3 Å². The van der Waals surface area contributed by atoms with Crippen molar-refractivity contribution >= 4 is 23.3 Å². The number of amides is 1. The Balaban J connectivity index is 1.80. The van der Waals surface area contributed by atoms with Crippen molar-refractivity contribution in [2.75, 3.05) is 5.32 Å². The average molecular weight is 331 g/mol. The Labute approximate surface area is 142 Å². The number of esters is 1. The molecule has 5 nitrogen and oxygen atoms in total. The van der Waals surface area contributed by atoms with Crippen LogP contribution in [0.25, 0.3) is 0 Å². The fraction of sp³-hybridized carbons (Fsp3) is 0.526. The first-order chi connectivity index (χ1) is 11.5. The quantitative estimate of drug-likeness (QED) is 0.637. The number of carbonyl (C=O) groups excluding carboxylic acids is 3. The molecule has 0 heterocycles. The van der Waals surface area contributed by atoms with Crippen molar-refractivity contribution in [1.82, 2.24) is 0 Å². The summed E-state index contributed by atoms with van der Waals surface area (Å²) in [6.07, 6.45) is 5.27. The second kappa shape index (κ2) is 8.62. The van der Waals surface area contributed by atoms with Crippen molar-refractivity contribution in [3.8, 4) is 0 Å². The first-order valence-corrected chi connectivity index (χ1v) is 8.57. The largest absolute Gasteiger partial charge is 0.453 e. The summed E-state index contributed by atoms with van der Waals surface area (Å²) in [4.78, 5) is 35.3. The van der Waals surface area contributed by atoms with Crippen molar-refractivity contribution in [2.24, 2.45) is 5.92 Å². The van der Waals surface area contributed by atoms with Crippen LogP contribution in [0, 0.1) is 5.92 Å². The predicted molar refractivity (Wildman–Crippen MR) is 91.8 cm³/mol. The van der Waals surface area contributed by atoms with E-state index in [9.17, 15) is 14.4 Å². The molecular weight excluding hydrogens is 306 g/mol. The molecule has 2 rings (SSSR count). The van der Waals surface area contributed by atoms with Crippen molar-refractivity contribution < 1.29 is 19.1 Å². The van der Waals surface area contributed by atoms with E-state index in [0.717, 1.165) is 12.8 Å². The predicted octanol–water partition coefficient (Wildman–Crippen LogP) is 3.73. The fourth-order valence-corrected chi connectivity index (χ4v) is 2.96. The fourth-order valence-electron chi connectivity index (χ4n) is 2.96. The summed E-state index contributed by atoms with van der Waals surface area (Å²) < 4.78 is 5.24. The van der Waals surface area contributed by atoms with Crippen LogP contribution >= 0.6 is 0 Å². The molecule has 0 aliphatic heterocycles. The van der Waals surface area contributed by atoms with E-state index in [2.05, 4.69) is 5.32 Å². The number of Topliss-reactive ketones (excluding diaryl/α,β-unsaturated/α-hetero) is 1. The van der Waals surface area contributed by atoms with Crippen LogP contribution < -0.4 is 5.32 Å². The second-order valence-corrected chi connectivity index (χ2v) is 6.46. The number of carbonyl (C=O) groups is 3. The topological polar surface area (TPSA) is 72.5 Å². The van der Waals surface area contributed by atoms with Gasteiger partial charge in [-0.15, -0.1) is 0 Å². The molecule has 1 amide bonds. The molecule has 0 spiro atoms. The molecule has 24 heavy (non-hydrogen) atoms. The molecular formula is C19H25NO4. The number of anilines is 1. The van der Waals surface area contributed by atoms with E-state index < -0.39 is 6.10 Å².